The molecule has 0 spiro atoms. The summed E-state index contributed by atoms with van der Waals surface area (Å²) < 4.78 is 5.51. The highest BCUT2D eigenvalue weighted by molar-refractivity contribution is 5.49. The minimum Gasteiger partial charge on any atom is -0.420 e. The average Bonchev–Trinajstić information content (AvgIpc) is 2.83. The summed E-state index contributed by atoms with van der Waals surface area (Å²) in [4.78, 5) is 14.5. The third-order valence-electron chi connectivity index (χ3n) is 2.74. The van der Waals surface area contributed by atoms with Crippen molar-refractivity contribution in [3.63, 3.8) is 0 Å². The van der Waals surface area contributed by atoms with E-state index < -0.39 is 0 Å². The lowest BCUT2D eigenvalue weighted by Crippen LogP contribution is -2.36. The fourth-order valence-corrected chi connectivity index (χ4v) is 1.75. The molecule has 6 heteroatoms. The maximum absolute atomic E-state index is 11.6. The van der Waals surface area contributed by atoms with Crippen LogP contribution < -0.4 is 10.7 Å². The van der Waals surface area contributed by atoms with Gasteiger partial charge in [0.2, 0.25) is 5.89 Å². The molecule has 0 saturated heterocycles. The van der Waals surface area contributed by atoms with Crippen LogP contribution in [0.2, 0.25) is 0 Å². The molecular weight excluding hydrogens is 256 g/mol. The quantitative estimate of drug-likeness (QED) is 0.813. The third kappa shape index (κ3) is 4.03. The zero-order valence-corrected chi connectivity index (χ0v) is 12.1. The van der Waals surface area contributed by atoms with E-state index in [9.17, 15) is 4.79 Å². The van der Waals surface area contributed by atoms with Gasteiger partial charge in [0.25, 0.3) is 5.89 Å². The molecule has 0 fully saturated rings. The van der Waals surface area contributed by atoms with Gasteiger partial charge in [0, 0.05) is 30.4 Å². The number of pyridine rings is 1. The first kappa shape index (κ1) is 14.5. The molecule has 0 radical (unpaired) electrons. The Morgan fingerprint density at radius 2 is 2.15 bits per heavy atom. The summed E-state index contributed by atoms with van der Waals surface area (Å²) in [6.07, 6.45) is 4.74. The van der Waals surface area contributed by atoms with Crippen molar-refractivity contribution in [1.82, 2.24) is 20.5 Å². The van der Waals surface area contributed by atoms with Gasteiger partial charge in [-0.3, -0.25) is 4.79 Å². The van der Waals surface area contributed by atoms with Gasteiger partial charge in [-0.1, -0.05) is 0 Å². The SMILES string of the molecule is CC(C)(C)NCCCc1nnc(-c2c[nH]ccc2=O)o1. The van der Waals surface area contributed by atoms with Crippen LogP contribution in [-0.4, -0.2) is 27.3 Å². The number of H-pyrrole nitrogens is 1. The second kappa shape index (κ2) is 6.00. The highest BCUT2D eigenvalue weighted by Gasteiger charge is 2.12. The lowest BCUT2D eigenvalue weighted by atomic mass is 10.1. The van der Waals surface area contributed by atoms with Gasteiger partial charge in [-0.25, -0.2) is 0 Å². The van der Waals surface area contributed by atoms with Crippen molar-refractivity contribution in [1.29, 1.82) is 0 Å². The first-order valence-electron chi connectivity index (χ1n) is 6.70. The zero-order valence-electron chi connectivity index (χ0n) is 12.1. The van der Waals surface area contributed by atoms with Crippen molar-refractivity contribution in [2.75, 3.05) is 6.54 Å². The fraction of sp³-hybridized carbons (Fsp3) is 0.500. The molecule has 0 aliphatic carbocycles. The molecule has 0 aliphatic rings. The first-order valence-corrected chi connectivity index (χ1v) is 6.70. The number of aromatic nitrogens is 3. The van der Waals surface area contributed by atoms with Crippen molar-refractivity contribution >= 4 is 0 Å². The van der Waals surface area contributed by atoms with Gasteiger partial charge < -0.3 is 14.7 Å². The maximum atomic E-state index is 11.6. The Labute approximate surface area is 117 Å². The summed E-state index contributed by atoms with van der Waals surface area (Å²) >= 11 is 0. The van der Waals surface area contributed by atoms with Crippen LogP contribution in [0.5, 0.6) is 0 Å². The zero-order chi connectivity index (χ0) is 14.6. The molecule has 2 rings (SSSR count). The topological polar surface area (TPSA) is 83.8 Å². The molecule has 0 unspecified atom stereocenters. The minimum absolute atomic E-state index is 0.108. The molecule has 0 saturated carbocycles. The number of hydrogen-bond donors (Lipinski definition) is 2. The Balaban J connectivity index is 1.93. The van der Waals surface area contributed by atoms with Gasteiger partial charge in [-0.05, 0) is 33.7 Å². The van der Waals surface area contributed by atoms with Gasteiger partial charge in [-0.15, -0.1) is 10.2 Å². The van der Waals surface area contributed by atoms with Crippen molar-refractivity contribution < 1.29 is 4.42 Å². The Kier molecular flexibility index (Phi) is 4.34. The molecule has 0 aliphatic heterocycles. The number of hydrogen-bond acceptors (Lipinski definition) is 5. The Morgan fingerprint density at radius 1 is 1.35 bits per heavy atom. The van der Waals surface area contributed by atoms with Crippen LogP contribution in [0.15, 0.2) is 27.7 Å². The average molecular weight is 276 g/mol. The first-order chi connectivity index (χ1) is 9.46. The molecule has 2 N–H and O–H groups in total. The van der Waals surface area contributed by atoms with Gasteiger partial charge in [0.15, 0.2) is 5.43 Å². The molecule has 0 atom stereocenters. The normalized spacial score (nSPS) is 11.8. The van der Waals surface area contributed by atoms with E-state index in [1.807, 2.05) is 0 Å². The smallest absolute Gasteiger partial charge is 0.253 e. The molecule has 2 aromatic rings. The minimum atomic E-state index is -0.131. The van der Waals surface area contributed by atoms with Crippen LogP contribution in [-0.2, 0) is 6.42 Å². The number of aryl methyl sites for hydroxylation is 1. The Morgan fingerprint density at radius 3 is 2.85 bits per heavy atom. The summed E-state index contributed by atoms with van der Waals surface area (Å²) in [5.41, 5.74) is 0.379. The van der Waals surface area contributed by atoms with E-state index in [0.29, 0.717) is 17.9 Å². The van der Waals surface area contributed by atoms with Crippen molar-refractivity contribution in [3.05, 3.63) is 34.6 Å². The number of nitrogens with zero attached hydrogens (tertiary/aromatic N) is 2. The van der Waals surface area contributed by atoms with E-state index in [0.717, 1.165) is 13.0 Å². The summed E-state index contributed by atoms with van der Waals surface area (Å²) in [6.45, 7) is 7.26. The number of aromatic amines is 1. The van der Waals surface area contributed by atoms with Crippen molar-refractivity contribution in [2.24, 2.45) is 0 Å². The molecule has 2 heterocycles. The molecule has 20 heavy (non-hydrogen) atoms. The monoisotopic (exact) mass is 276 g/mol. The highest BCUT2D eigenvalue weighted by Crippen LogP contribution is 2.13. The molecule has 0 bridgehead atoms. The van der Waals surface area contributed by atoms with Gasteiger partial charge in [0.1, 0.15) is 5.56 Å². The number of nitrogens with one attached hydrogen (secondary N) is 2. The van der Waals surface area contributed by atoms with E-state index in [4.69, 9.17) is 4.42 Å². The highest BCUT2D eigenvalue weighted by atomic mass is 16.4. The summed E-state index contributed by atoms with van der Waals surface area (Å²) in [7, 11) is 0. The number of rotatable bonds is 5. The Bertz CT molecular complexity index is 610. The van der Waals surface area contributed by atoms with Crippen molar-refractivity contribution in [2.45, 2.75) is 39.2 Å². The molecule has 108 valence electrons. The lowest BCUT2D eigenvalue weighted by molar-refractivity contribution is 0.412. The van der Waals surface area contributed by atoms with Gasteiger partial charge in [-0.2, -0.15) is 0 Å². The van der Waals surface area contributed by atoms with Gasteiger partial charge in [0.05, 0.1) is 0 Å². The summed E-state index contributed by atoms with van der Waals surface area (Å²) in [5.74, 6) is 0.824. The van der Waals surface area contributed by atoms with E-state index >= 15 is 0 Å². The molecule has 2 aromatic heterocycles. The molecular formula is C14H20N4O2. The maximum Gasteiger partial charge on any atom is 0.253 e. The second-order valence-electron chi connectivity index (χ2n) is 5.70. The largest absolute Gasteiger partial charge is 0.420 e. The van der Waals surface area contributed by atoms with E-state index in [1.165, 1.54) is 6.07 Å². The second-order valence-corrected chi connectivity index (χ2v) is 5.70. The van der Waals surface area contributed by atoms with Crippen LogP contribution in [0.3, 0.4) is 0 Å². The van der Waals surface area contributed by atoms with Gasteiger partial charge >= 0.3 is 0 Å². The summed E-state index contributed by atoms with van der Waals surface area (Å²) in [5, 5.41) is 11.3. The van der Waals surface area contributed by atoms with Crippen LogP contribution in [0.25, 0.3) is 11.5 Å². The van der Waals surface area contributed by atoms with E-state index in [2.05, 4.69) is 41.3 Å². The van der Waals surface area contributed by atoms with Crippen molar-refractivity contribution in [3.8, 4) is 11.5 Å². The Hall–Kier alpha value is -1.95. The van der Waals surface area contributed by atoms with Crippen LogP contribution in [0.1, 0.15) is 33.1 Å². The standard InChI is InChI=1S/C14H20N4O2/c1-14(2,3)16-7-4-5-12-17-18-13(20-12)10-9-15-8-6-11(10)19/h6,8-9,16H,4-5,7H2,1-3H3,(H,15,19). The molecule has 0 aromatic carbocycles. The molecule has 6 nitrogen and oxygen atoms in total. The van der Waals surface area contributed by atoms with E-state index in [-0.39, 0.29) is 16.9 Å². The third-order valence-corrected chi connectivity index (χ3v) is 2.74. The van der Waals surface area contributed by atoms with Crippen LogP contribution in [0, 0.1) is 0 Å². The van der Waals surface area contributed by atoms with E-state index in [1.54, 1.807) is 12.4 Å². The summed E-state index contributed by atoms with van der Waals surface area (Å²) in [6, 6.07) is 1.44. The fourth-order valence-electron chi connectivity index (χ4n) is 1.75. The lowest BCUT2D eigenvalue weighted by Gasteiger charge is -2.19. The molecule has 0 amide bonds. The predicted molar refractivity (Wildman–Crippen MR) is 76.4 cm³/mol. The van der Waals surface area contributed by atoms with Crippen LogP contribution in [0.4, 0.5) is 0 Å². The predicted octanol–water partition coefficient (Wildman–Crippen LogP) is 1.75. The van der Waals surface area contributed by atoms with Crippen LogP contribution >= 0.6 is 0 Å².